The Kier molecular flexibility index (Phi) is 9.17. The Morgan fingerprint density at radius 1 is 0.927 bits per heavy atom. The summed E-state index contributed by atoms with van der Waals surface area (Å²) in [6, 6.07) is 22.5. The van der Waals surface area contributed by atoms with Crippen LogP contribution < -0.4 is 11.1 Å². The maximum Gasteiger partial charge on any atom is 0.245 e. The Balaban J connectivity index is 1.30. The van der Waals surface area contributed by atoms with E-state index >= 15 is 0 Å². The van der Waals surface area contributed by atoms with E-state index < -0.39 is 23.8 Å². The molecule has 2 unspecified atom stereocenters. The highest BCUT2D eigenvalue weighted by Crippen LogP contribution is 2.36. The largest absolute Gasteiger partial charge is 0.369 e. The minimum atomic E-state index is -0.608. The molecular formula is C35H41N3O3. The van der Waals surface area contributed by atoms with Crippen molar-refractivity contribution in [1.29, 1.82) is 0 Å². The molecule has 1 aliphatic heterocycles. The number of nitrogens with one attached hydrogen (secondary N) is 1. The van der Waals surface area contributed by atoms with Gasteiger partial charge in [0.05, 0.1) is 11.8 Å². The van der Waals surface area contributed by atoms with E-state index in [4.69, 9.17) is 5.73 Å². The molecule has 0 bridgehead atoms. The summed E-state index contributed by atoms with van der Waals surface area (Å²) in [5.41, 5.74) is 9.03. The van der Waals surface area contributed by atoms with Crippen molar-refractivity contribution in [3.63, 3.8) is 0 Å². The molecule has 0 spiro atoms. The lowest BCUT2D eigenvalue weighted by atomic mass is 9.74. The zero-order valence-corrected chi connectivity index (χ0v) is 23.8. The number of carbonyl (C=O) groups is 3. The normalized spacial score (nSPS) is 19.2. The van der Waals surface area contributed by atoms with Crippen LogP contribution in [0.2, 0.25) is 0 Å². The number of nitrogens with zero attached hydrogens (tertiary/aromatic N) is 1. The van der Waals surface area contributed by atoms with Gasteiger partial charge in [-0.05, 0) is 77.6 Å². The number of carbonyl (C=O) groups excluding carboxylic acids is 3. The average Bonchev–Trinajstić information content (AvgIpc) is 3.12. The van der Waals surface area contributed by atoms with Gasteiger partial charge in [-0.1, -0.05) is 79.9 Å². The summed E-state index contributed by atoms with van der Waals surface area (Å²) in [4.78, 5) is 41.5. The fourth-order valence-corrected chi connectivity index (χ4v) is 6.31. The van der Waals surface area contributed by atoms with E-state index in [0.29, 0.717) is 38.3 Å². The first kappa shape index (κ1) is 28.6. The molecule has 6 nitrogen and oxygen atoms in total. The fraction of sp³-hybridized carbons (Fsp3) is 0.400. The van der Waals surface area contributed by atoms with E-state index in [1.165, 1.54) is 10.8 Å². The second kappa shape index (κ2) is 13.2. The number of hydrogen-bond donors (Lipinski definition) is 2. The lowest BCUT2D eigenvalue weighted by Gasteiger charge is -2.33. The predicted molar refractivity (Wildman–Crippen MR) is 164 cm³/mol. The number of benzene rings is 3. The van der Waals surface area contributed by atoms with Crippen LogP contribution in [-0.4, -0.2) is 35.2 Å². The van der Waals surface area contributed by atoms with E-state index in [0.717, 1.165) is 48.8 Å². The van der Waals surface area contributed by atoms with Crippen molar-refractivity contribution in [2.75, 3.05) is 6.54 Å². The van der Waals surface area contributed by atoms with Crippen LogP contribution in [0.4, 0.5) is 0 Å². The van der Waals surface area contributed by atoms with Gasteiger partial charge in [-0.3, -0.25) is 14.4 Å². The smallest absolute Gasteiger partial charge is 0.245 e. The number of rotatable bonds is 11. The zero-order chi connectivity index (χ0) is 28.8. The molecular weight excluding hydrogens is 510 g/mol. The van der Waals surface area contributed by atoms with Crippen LogP contribution in [-0.2, 0) is 20.9 Å². The highest BCUT2D eigenvalue weighted by atomic mass is 16.2. The van der Waals surface area contributed by atoms with Gasteiger partial charge in [0.1, 0.15) is 6.04 Å². The van der Waals surface area contributed by atoms with Crippen LogP contribution in [0.1, 0.15) is 56.9 Å². The summed E-state index contributed by atoms with van der Waals surface area (Å²) in [6.07, 6.45) is 8.25. The molecule has 3 aromatic rings. The molecule has 3 atom stereocenters. The van der Waals surface area contributed by atoms with Crippen molar-refractivity contribution in [3.05, 3.63) is 84.9 Å². The van der Waals surface area contributed by atoms with Gasteiger partial charge in [-0.2, -0.15) is 0 Å². The van der Waals surface area contributed by atoms with Crippen molar-refractivity contribution in [3.8, 4) is 11.1 Å². The first-order chi connectivity index (χ1) is 19.9. The van der Waals surface area contributed by atoms with E-state index in [2.05, 4.69) is 60.4 Å². The van der Waals surface area contributed by atoms with Crippen LogP contribution >= 0.6 is 0 Å². The summed E-state index contributed by atoms with van der Waals surface area (Å²) < 4.78 is 0. The van der Waals surface area contributed by atoms with Crippen molar-refractivity contribution in [2.24, 2.45) is 23.5 Å². The number of amides is 3. The van der Waals surface area contributed by atoms with Gasteiger partial charge < -0.3 is 16.0 Å². The Morgan fingerprint density at radius 2 is 1.71 bits per heavy atom. The minimum Gasteiger partial charge on any atom is -0.369 e. The third-order valence-electron chi connectivity index (χ3n) is 8.90. The molecule has 0 radical (unpaired) electrons. The second-order valence-corrected chi connectivity index (χ2v) is 11.8. The molecule has 6 heteroatoms. The number of allylic oxidation sites excluding steroid dienone is 1. The predicted octanol–water partition coefficient (Wildman–Crippen LogP) is 5.99. The number of fused-ring (bicyclic) bond motifs is 1. The van der Waals surface area contributed by atoms with Crippen molar-refractivity contribution in [1.82, 2.24) is 10.2 Å². The lowest BCUT2D eigenvalue weighted by Crippen LogP contribution is -2.51. The van der Waals surface area contributed by atoms with Crippen LogP contribution in [0.25, 0.3) is 21.9 Å². The Bertz CT molecular complexity index is 1410. The van der Waals surface area contributed by atoms with Gasteiger partial charge >= 0.3 is 0 Å². The molecule has 2 fully saturated rings. The van der Waals surface area contributed by atoms with Gasteiger partial charge in [-0.25, -0.2) is 0 Å². The van der Waals surface area contributed by atoms with Gasteiger partial charge in [0.25, 0.3) is 0 Å². The molecule has 0 aromatic heterocycles. The van der Waals surface area contributed by atoms with Crippen LogP contribution in [0.15, 0.2) is 79.4 Å². The molecule has 1 saturated heterocycles. The van der Waals surface area contributed by atoms with E-state index in [1.54, 1.807) is 6.08 Å². The maximum absolute atomic E-state index is 13.7. The van der Waals surface area contributed by atoms with Gasteiger partial charge in [-0.15, -0.1) is 6.58 Å². The minimum absolute atomic E-state index is 0.0614. The van der Waals surface area contributed by atoms with Crippen LogP contribution in [0, 0.1) is 17.8 Å². The van der Waals surface area contributed by atoms with E-state index in [1.807, 2.05) is 23.1 Å². The van der Waals surface area contributed by atoms with Crippen molar-refractivity contribution >= 4 is 28.5 Å². The highest BCUT2D eigenvalue weighted by Gasteiger charge is 2.37. The summed E-state index contributed by atoms with van der Waals surface area (Å²) in [7, 11) is 0. The topological polar surface area (TPSA) is 92.5 Å². The Labute approximate surface area is 243 Å². The van der Waals surface area contributed by atoms with Crippen molar-refractivity contribution < 1.29 is 14.4 Å². The standard InChI is InChI=1S/C35H41N3O3/c1-2-9-30(33(36)39)31(21-24-10-7-11-24)34(40)37-32-16-5-6-19-38(35(32)41)23-25-12-8-15-27(20-25)29-18-17-26-13-3-4-14-28(26)22-29/h2-4,8,12-15,17-18,20,22,24,30-32H,1,5-7,9-11,16,19,21,23H2,(H2,36,39)(H,37,40)/t30?,31?,32-/m0/s1. The van der Waals surface area contributed by atoms with Crippen LogP contribution in [0.3, 0.4) is 0 Å². The van der Waals surface area contributed by atoms with Gasteiger partial charge in [0, 0.05) is 13.1 Å². The molecule has 3 N–H and O–H groups in total. The molecule has 3 amide bonds. The van der Waals surface area contributed by atoms with Gasteiger partial charge in [0.2, 0.25) is 17.7 Å². The SMILES string of the molecule is C=CCC(C(N)=O)C(CC1CCC1)C(=O)N[C@H]1CCCCN(Cc2cccc(-c3ccc4ccccc4c3)c2)C1=O. The van der Waals surface area contributed by atoms with E-state index in [9.17, 15) is 14.4 Å². The summed E-state index contributed by atoms with van der Waals surface area (Å²) in [5.74, 6) is -1.50. The van der Waals surface area contributed by atoms with Crippen molar-refractivity contribution in [2.45, 2.75) is 64.0 Å². The fourth-order valence-electron chi connectivity index (χ4n) is 6.31. The van der Waals surface area contributed by atoms with Crippen LogP contribution in [0.5, 0.6) is 0 Å². The number of primary amides is 1. The third-order valence-corrected chi connectivity index (χ3v) is 8.90. The zero-order valence-electron chi connectivity index (χ0n) is 23.8. The Morgan fingerprint density at radius 3 is 2.44 bits per heavy atom. The quantitative estimate of drug-likeness (QED) is 0.287. The summed E-state index contributed by atoms with van der Waals surface area (Å²) >= 11 is 0. The molecule has 41 heavy (non-hydrogen) atoms. The first-order valence-electron chi connectivity index (χ1n) is 15.0. The molecule has 2 aliphatic rings. The lowest BCUT2D eigenvalue weighted by molar-refractivity contribution is -0.139. The summed E-state index contributed by atoms with van der Waals surface area (Å²) in [5, 5.41) is 5.45. The monoisotopic (exact) mass is 551 g/mol. The number of likely N-dealkylation sites (tertiary alicyclic amines) is 1. The summed E-state index contributed by atoms with van der Waals surface area (Å²) in [6.45, 7) is 4.90. The molecule has 3 aromatic carbocycles. The van der Waals surface area contributed by atoms with E-state index in [-0.39, 0.29) is 11.8 Å². The molecule has 214 valence electrons. The number of nitrogens with two attached hydrogens (primary N) is 1. The highest BCUT2D eigenvalue weighted by molar-refractivity contribution is 5.91. The second-order valence-electron chi connectivity index (χ2n) is 11.8. The third kappa shape index (κ3) is 6.87. The molecule has 5 rings (SSSR count). The first-order valence-corrected chi connectivity index (χ1v) is 15.0. The maximum atomic E-state index is 13.7. The molecule has 1 aliphatic carbocycles. The molecule has 1 saturated carbocycles. The number of hydrogen-bond acceptors (Lipinski definition) is 3. The average molecular weight is 552 g/mol. The Hall–Kier alpha value is -3.93. The molecule has 1 heterocycles. The van der Waals surface area contributed by atoms with Gasteiger partial charge in [0.15, 0.2) is 0 Å².